The van der Waals surface area contributed by atoms with Crippen molar-refractivity contribution < 1.29 is 4.79 Å². The van der Waals surface area contributed by atoms with E-state index >= 15 is 0 Å². The highest BCUT2D eigenvalue weighted by molar-refractivity contribution is 5.86. The summed E-state index contributed by atoms with van der Waals surface area (Å²) in [7, 11) is 1.81. The molecule has 1 aromatic rings. The minimum Gasteiger partial charge on any atom is -0.340 e. The average Bonchev–Trinajstić information content (AvgIpc) is 2.80. The van der Waals surface area contributed by atoms with Crippen LogP contribution in [-0.4, -0.2) is 33.6 Å². The lowest BCUT2D eigenvalue weighted by Gasteiger charge is -2.38. The Morgan fingerprint density at radius 1 is 1.72 bits per heavy atom. The van der Waals surface area contributed by atoms with Crippen molar-refractivity contribution in [2.45, 2.75) is 44.7 Å². The smallest absolute Gasteiger partial charge is 0.242 e. The Balaban J connectivity index is 2.01. The molecule has 5 heteroatoms. The Hall–Kier alpha value is -1.36. The van der Waals surface area contributed by atoms with Crippen LogP contribution in [-0.2, 0) is 11.3 Å². The van der Waals surface area contributed by atoms with Crippen LogP contribution in [0.1, 0.15) is 38.2 Å². The fourth-order valence-electron chi connectivity index (χ4n) is 2.88. The van der Waals surface area contributed by atoms with Gasteiger partial charge in [0.1, 0.15) is 0 Å². The summed E-state index contributed by atoms with van der Waals surface area (Å²) in [5.41, 5.74) is 6.64. The highest BCUT2D eigenvalue weighted by Gasteiger charge is 2.39. The van der Waals surface area contributed by atoms with Crippen molar-refractivity contribution in [2.24, 2.45) is 11.7 Å². The Bertz CT molecular complexity index is 403. The molecule has 1 aliphatic rings. The lowest BCUT2D eigenvalue weighted by Crippen LogP contribution is -2.56. The maximum atomic E-state index is 12.5. The van der Waals surface area contributed by atoms with E-state index < -0.39 is 5.54 Å². The third-order valence-corrected chi connectivity index (χ3v) is 3.78. The molecule has 1 amide bonds. The summed E-state index contributed by atoms with van der Waals surface area (Å²) in [4.78, 5) is 14.2. The second-order valence-electron chi connectivity index (χ2n) is 5.63. The highest BCUT2D eigenvalue weighted by atomic mass is 16.2. The lowest BCUT2D eigenvalue weighted by molar-refractivity contribution is -0.138. The van der Waals surface area contributed by atoms with E-state index in [1.54, 1.807) is 17.3 Å². The number of nitrogens with two attached hydrogens (primary N) is 1. The van der Waals surface area contributed by atoms with Gasteiger partial charge in [0, 0.05) is 25.4 Å². The van der Waals surface area contributed by atoms with Gasteiger partial charge in [-0.05, 0) is 18.8 Å². The van der Waals surface area contributed by atoms with Crippen molar-refractivity contribution in [1.82, 2.24) is 15.1 Å². The van der Waals surface area contributed by atoms with Gasteiger partial charge >= 0.3 is 0 Å². The summed E-state index contributed by atoms with van der Waals surface area (Å²) < 4.78 is 0. The molecule has 0 aliphatic heterocycles. The maximum absolute atomic E-state index is 12.5. The third-order valence-electron chi connectivity index (χ3n) is 3.78. The van der Waals surface area contributed by atoms with Crippen LogP contribution in [0.15, 0.2) is 12.4 Å². The first-order valence-electron chi connectivity index (χ1n) is 6.53. The van der Waals surface area contributed by atoms with Crippen molar-refractivity contribution in [3.05, 3.63) is 18.0 Å². The first-order chi connectivity index (χ1) is 8.51. The predicted octanol–water partition coefficient (Wildman–Crippen LogP) is 1.28. The topological polar surface area (TPSA) is 75.0 Å². The molecule has 1 heterocycles. The maximum Gasteiger partial charge on any atom is 0.242 e. The van der Waals surface area contributed by atoms with Crippen molar-refractivity contribution in [1.29, 1.82) is 0 Å². The van der Waals surface area contributed by atoms with Gasteiger partial charge in [0.15, 0.2) is 0 Å². The number of likely N-dealkylation sites (N-methyl/N-ethyl adjacent to an activating group) is 1. The predicted molar refractivity (Wildman–Crippen MR) is 69.6 cm³/mol. The fraction of sp³-hybridized carbons (Fsp3) is 0.692. The second kappa shape index (κ2) is 5.10. The van der Waals surface area contributed by atoms with Crippen LogP contribution in [0.25, 0.3) is 0 Å². The molecule has 0 bridgehead atoms. The Labute approximate surface area is 108 Å². The zero-order valence-corrected chi connectivity index (χ0v) is 11.1. The largest absolute Gasteiger partial charge is 0.340 e. The number of hydrogen-bond acceptors (Lipinski definition) is 3. The van der Waals surface area contributed by atoms with Gasteiger partial charge in [0.25, 0.3) is 0 Å². The standard InChI is InChI=1S/C13H22N4O/c1-10-4-3-5-13(14,6-10)12(18)17(2)9-11-7-15-16-8-11/h7-8,10H,3-6,9,14H2,1-2H3,(H,15,16). The number of aromatic amines is 1. The van der Waals surface area contributed by atoms with Crippen molar-refractivity contribution in [2.75, 3.05) is 7.05 Å². The minimum atomic E-state index is -0.670. The third kappa shape index (κ3) is 2.72. The van der Waals surface area contributed by atoms with E-state index in [1.807, 2.05) is 7.05 Å². The summed E-state index contributed by atoms with van der Waals surface area (Å²) in [6.07, 6.45) is 7.35. The second-order valence-corrected chi connectivity index (χ2v) is 5.63. The number of hydrogen-bond donors (Lipinski definition) is 2. The van der Waals surface area contributed by atoms with Crippen molar-refractivity contribution >= 4 is 5.91 Å². The van der Waals surface area contributed by atoms with Gasteiger partial charge in [-0.1, -0.05) is 19.8 Å². The first kappa shape index (κ1) is 13.1. The van der Waals surface area contributed by atoms with Crippen LogP contribution in [0.5, 0.6) is 0 Å². The number of nitrogens with zero attached hydrogens (tertiary/aromatic N) is 2. The zero-order chi connectivity index (χ0) is 13.2. The summed E-state index contributed by atoms with van der Waals surface area (Å²) >= 11 is 0. The average molecular weight is 250 g/mol. The molecule has 0 spiro atoms. The summed E-state index contributed by atoms with van der Waals surface area (Å²) in [5.74, 6) is 0.588. The van der Waals surface area contributed by atoms with Crippen LogP contribution in [0.4, 0.5) is 0 Å². The molecule has 2 unspecified atom stereocenters. The molecule has 0 aromatic carbocycles. The molecular formula is C13H22N4O. The van der Waals surface area contributed by atoms with Crippen molar-refractivity contribution in [3.63, 3.8) is 0 Å². The van der Waals surface area contributed by atoms with E-state index in [9.17, 15) is 4.79 Å². The van der Waals surface area contributed by atoms with E-state index in [4.69, 9.17) is 5.73 Å². The fourth-order valence-corrected chi connectivity index (χ4v) is 2.88. The molecule has 5 nitrogen and oxygen atoms in total. The van der Waals surface area contributed by atoms with E-state index in [0.717, 1.165) is 24.8 Å². The van der Waals surface area contributed by atoms with Gasteiger partial charge < -0.3 is 10.6 Å². The van der Waals surface area contributed by atoms with Crippen LogP contribution < -0.4 is 5.73 Å². The van der Waals surface area contributed by atoms with Crippen LogP contribution >= 0.6 is 0 Å². The van der Waals surface area contributed by atoms with Gasteiger partial charge in [-0.3, -0.25) is 9.89 Å². The number of H-pyrrole nitrogens is 1. The van der Waals surface area contributed by atoms with Crippen molar-refractivity contribution in [3.8, 4) is 0 Å². The van der Waals surface area contributed by atoms with Gasteiger partial charge in [-0.15, -0.1) is 0 Å². The zero-order valence-electron chi connectivity index (χ0n) is 11.1. The molecule has 1 aliphatic carbocycles. The number of rotatable bonds is 3. The number of carbonyl (C=O) groups excluding carboxylic acids is 1. The van der Waals surface area contributed by atoms with Gasteiger partial charge in [0.2, 0.25) is 5.91 Å². The number of nitrogens with one attached hydrogen (secondary N) is 1. The summed E-state index contributed by atoms with van der Waals surface area (Å²) in [6.45, 7) is 2.73. The lowest BCUT2D eigenvalue weighted by atomic mass is 9.76. The number of carbonyl (C=O) groups is 1. The molecule has 1 fully saturated rings. The SMILES string of the molecule is CC1CCCC(N)(C(=O)N(C)Cc2cn[nH]c2)C1. The summed E-state index contributed by atoms with van der Waals surface area (Å²) in [6, 6.07) is 0. The molecule has 2 rings (SSSR count). The molecule has 1 saturated carbocycles. The molecule has 0 saturated heterocycles. The van der Waals surface area contributed by atoms with E-state index in [-0.39, 0.29) is 5.91 Å². The van der Waals surface area contributed by atoms with E-state index in [0.29, 0.717) is 12.5 Å². The molecule has 18 heavy (non-hydrogen) atoms. The molecule has 3 N–H and O–H groups in total. The molecular weight excluding hydrogens is 228 g/mol. The first-order valence-corrected chi connectivity index (χ1v) is 6.53. The Morgan fingerprint density at radius 2 is 2.50 bits per heavy atom. The van der Waals surface area contributed by atoms with E-state index in [2.05, 4.69) is 17.1 Å². The molecule has 2 atom stereocenters. The monoisotopic (exact) mass is 250 g/mol. The molecule has 0 radical (unpaired) electrons. The summed E-state index contributed by atoms with van der Waals surface area (Å²) in [5, 5.41) is 6.63. The van der Waals surface area contributed by atoms with Crippen LogP contribution in [0, 0.1) is 5.92 Å². The van der Waals surface area contributed by atoms with Gasteiger partial charge in [-0.2, -0.15) is 5.10 Å². The number of aromatic nitrogens is 2. The van der Waals surface area contributed by atoms with Crippen LogP contribution in [0.3, 0.4) is 0 Å². The molecule has 100 valence electrons. The molecule has 1 aromatic heterocycles. The van der Waals surface area contributed by atoms with Crippen LogP contribution in [0.2, 0.25) is 0 Å². The Kier molecular flexibility index (Phi) is 3.71. The Morgan fingerprint density at radius 3 is 3.11 bits per heavy atom. The highest BCUT2D eigenvalue weighted by Crippen LogP contribution is 2.31. The van der Waals surface area contributed by atoms with Gasteiger partial charge in [0.05, 0.1) is 11.7 Å². The van der Waals surface area contributed by atoms with E-state index in [1.165, 1.54) is 6.42 Å². The minimum absolute atomic E-state index is 0.0512. The normalized spacial score (nSPS) is 28.1. The quantitative estimate of drug-likeness (QED) is 0.848. The number of amides is 1. The van der Waals surface area contributed by atoms with Gasteiger partial charge in [-0.25, -0.2) is 0 Å².